The van der Waals surface area contributed by atoms with E-state index in [1.165, 1.54) is 0 Å². The highest BCUT2D eigenvalue weighted by atomic mass is 16.6. The zero-order valence-corrected chi connectivity index (χ0v) is 8.41. The van der Waals surface area contributed by atoms with Gasteiger partial charge in [-0.2, -0.15) is 0 Å². The normalized spacial score (nSPS) is 12.5. The molecule has 0 rings (SSSR count). The summed E-state index contributed by atoms with van der Waals surface area (Å²) >= 11 is 0. The van der Waals surface area contributed by atoms with Crippen LogP contribution in [-0.2, 0) is 14.3 Å². The van der Waals surface area contributed by atoms with Crippen LogP contribution in [0.25, 0.3) is 0 Å². The van der Waals surface area contributed by atoms with Crippen LogP contribution in [-0.4, -0.2) is 32.8 Å². The molecule has 78 valence electrons. The Balaban J connectivity index is 3.45. The fraction of sp³-hybridized carbons (Fsp3) is 0.889. The van der Waals surface area contributed by atoms with Gasteiger partial charge in [0, 0.05) is 7.11 Å². The molecule has 4 nitrogen and oxygen atoms in total. The second-order valence-electron chi connectivity index (χ2n) is 2.99. The van der Waals surface area contributed by atoms with E-state index in [0.717, 1.165) is 12.8 Å². The van der Waals surface area contributed by atoms with Crippen LogP contribution in [0.3, 0.4) is 0 Å². The third kappa shape index (κ3) is 6.54. The number of ether oxygens (including phenoxy) is 2. The zero-order chi connectivity index (χ0) is 10.1. The van der Waals surface area contributed by atoms with Crippen LogP contribution in [0.1, 0.15) is 19.8 Å². The van der Waals surface area contributed by atoms with Crippen molar-refractivity contribution in [2.75, 3.05) is 26.9 Å². The van der Waals surface area contributed by atoms with Crippen molar-refractivity contribution in [1.29, 1.82) is 0 Å². The summed E-state index contributed by atoms with van der Waals surface area (Å²) in [6.07, 6.45) is 1.66. The van der Waals surface area contributed by atoms with Gasteiger partial charge in [0.05, 0.1) is 12.5 Å². The van der Waals surface area contributed by atoms with E-state index in [-0.39, 0.29) is 11.9 Å². The number of carbonyl (C=O) groups excluding carboxylic acids is 1. The summed E-state index contributed by atoms with van der Waals surface area (Å²) in [5.74, 6) is -0.217. The van der Waals surface area contributed by atoms with Crippen LogP contribution in [0.15, 0.2) is 0 Å². The Kier molecular flexibility index (Phi) is 7.63. The predicted octanol–water partition coefficient (Wildman–Crippen LogP) is 0.551. The standard InChI is InChI=1S/C9H19NO3/c1-8(4-3-5-10)9(11)13-7-6-12-2/h8H,3-7,10H2,1-2H3. The van der Waals surface area contributed by atoms with Crippen molar-refractivity contribution in [2.24, 2.45) is 11.7 Å². The third-order valence-electron chi connectivity index (χ3n) is 1.78. The van der Waals surface area contributed by atoms with Gasteiger partial charge >= 0.3 is 5.97 Å². The second-order valence-corrected chi connectivity index (χ2v) is 2.99. The van der Waals surface area contributed by atoms with Crippen LogP contribution in [0, 0.1) is 5.92 Å². The molecule has 1 atom stereocenters. The van der Waals surface area contributed by atoms with Gasteiger partial charge in [-0.3, -0.25) is 4.79 Å². The summed E-state index contributed by atoms with van der Waals surface area (Å²) in [5, 5.41) is 0. The molecule has 0 aromatic heterocycles. The Bertz CT molecular complexity index is 139. The molecule has 0 heterocycles. The highest BCUT2D eigenvalue weighted by Gasteiger charge is 2.12. The van der Waals surface area contributed by atoms with E-state index in [9.17, 15) is 4.79 Å². The lowest BCUT2D eigenvalue weighted by Crippen LogP contribution is -2.18. The van der Waals surface area contributed by atoms with E-state index < -0.39 is 0 Å². The van der Waals surface area contributed by atoms with Gasteiger partial charge in [0.25, 0.3) is 0 Å². The summed E-state index contributed by atoms with van der Waals surface area (Å²) in [6.45, 7) is 3.26. The molecule has 0 radical (unpaired) electrons. The molecular weight excluding hydrogens is 170 g/mol. The van der Waals surface area contributed by atoms with Crippen molar-refractivity contribution in [3.05, 3.63) is 0 Å². The molecule has 0 aliphatic carbocycles. The highest BCUT2D eigenvalue weighted by Crippen LogP contribution is 2.06. The molecule has 13 heavy (non-hydrogen) atoms. The molecule has 0 fully saturated rings. The Morgan fingerprint density at radius 3 is 2.69 bits per heavy atom. The second kappa shape index (κ2) is 8.01. The lowest BCUT2D eigenvalue weighted by molar-refractivity contribution is -0.149. The first-order valence-electron chi connectivity index (χ1n) is 4.58. The molecule has 0 aliphatic heterocycles. The molecule has 0 saturated heterocycles. The van der Waals surface area contributed by atoms with Gasteiger partial charge in [-0.1, -0.05) is 6.92 Å². The maximum Gasteiger partial charge on any atom is 0.308 e. The number of hydrogen-bond donors (Lipinski definition) is 1. The third-order valence-corrected chi connectivity index (χ3v) is 1.78. The maximum atomic E-state index is 11.2. The lowest BCUT2D eigenvalue weighted by Gasteiger charge is -2.10. The van der Waals surface area contributed by atoms with E-state index in [1.807, 2.05) is 6.92 Å². The fourth-order valence-electron chi connectivity index (χ4n) is 0.910. The van der Waals surface area contributed by atoms with Crippen molar-refractivity contribution < 1.29 is 14.3 Å². The van der Waals surface area contributed by atoms with Gasteiger partial charge in [0.1, 0.15) is 6.61 Å². The van der Waals surface area contributed by atoms with Crippen LogP contribution in [0.4, 0.5) is 0 Å². The fourth-order valence-corrected chi connectivity index (χ4v) is 0.910. The molecule has 0 spiro atoms. The van der Waals surface area contributed by atoms with Gasteiger partial charge in [0.15, 0.2) is 0 Å². The molecule has 0 bridgehead atoms. The summed E-state index contributed by atoms with van der Waals surface area (Å²) < 4.78 is 9.69. The van der Waals surface area contributed by atoms with Gasteiger partial charge in [-0.25, -0.2) is 0 Å². The van der Waals surface area contributed by atoms with E-state index in [2.05, 4.69) is 0 Å². The summed E-state index contributed by atoms with van der Waals surface area (Å²) in [4.78, 5) is 11.2. The first-order valence-corrected chi connectivity index (χ1v) is 4.58. The number of methoxy groups -OCH3 is 1. The zero-order valence-electron chi connectivity index (χ0n) is 8.41. The number of hydrogen-bond acceptors (Lipinski definition) is 4. The molecule has 1 unspecified atom stereocenters. The lowest BCUT2D eigenvalue weighted by atomic mass is 10.1. The number of rotatable bonds is 7. The number of carbonyl (C=O) groups is 1. The molecule has 0 saturated carbocycles. The van der Waals surface area contributed by atoms with E-state index >= 15 is 0 Å². The number of nitrogens with two attached hydrogens (primary N) is 1. The topological polar surface area (TPSA) is 61.5 Å². The van der Waals surface area contributed by atoms with E-state index in [1.54, 1.807) is 7.11 Å². The average Bonchev–Trinajstić information content (AvgIpc) is 2.14. The minimum atomic E-state index is -0.162. The molecule has 0 amide bonds. The first kappa shape index (κ1) is 12.4. The number of esters is 1. The van der Waals surface area contributed by atoms with Crippen LogP contribution in [0.2, 0.25) is 0 Å². The van der Waals surface area contributed by atoms with Crippen molar-refractivity contribution in [3.63, 3.8) is 0 Å². The van der Waals surface area contributed by atoms with Crippen molar-refractivity contribution >= 4 is 5.97 Å². The summed E-state index contributed by atoms with van der Waals surface area (Å²) in [6, 6.07) is 0. The first-order chi connectivity index (χ1) is 6.22. The van der Waals surface area contributed by atoms with Gasteiger partial charge < -0.3 is 15.2 Å². The van der Waals surface area contributed by atoms with Crippen molar-refractivity contribution in [3.8, 4) is 0 Å². The van der Waals surface area contributed by atoms with Crippen molar-refractivity contribution in [1.82, 2.24) is 0 Å². The Labute approximate surface area is 79.4 Å². The maximum absolute atomic E-state index is 11.2. The predicted molar refractivity (Wildman–Crippen MR) is 50.3 cm³/mol. The van der Waals surface area contributed by atoms with E-state index in [4.69, 9.17) is 15.2 Å². The molecular formula is C9H19NO3. The monoisotopic (exact) mass is 189 g/mol. The Hall–Kier alpha value is -0.610. The van der Waals surface area contributed by atoms with Crippen LogP contribution in [0.5, 0.6) is 0 Å². The van der Waals surface area contributed by atoms with E-state index in [0.29, 0.717) is 19.8 Å². The van der Waals surface area contributed by atoms with Crippen LogP contribution < -0.4 is 5.73 Å². The quantitative estimate of drug-likeness (QED) is 0.469. The summed E-state index contributed by atoms with van der Waals surface area (Å²) in [7, 11) is 1.58. The Morgan fingerprint density at radius 2 is 2.15 bits per heavy atom. The molecule has 2 N–H and O–H groups in total. The molecule has 0 aliphatic rings. The average molecular weight is 189 g/mol. The van der Waals surface area contributed by atoms with Gasteiger partial charge in [-0.15, -0.1) is 0 Å². The van der Waals surface area contributed by atoms with Gasteiger partial charge in [0.2, 0.25) is 0 Å². The minimum absolute atomic E-state index is 0.0552. The highest BCUT2D eigenvalue weighted by molar-refractivity contribution is 5.71. The van der Waals surface area contributed by atoms with Crippen molar-refractivity contribution in [2.45, 2.75) is 19.8 Å². The smallest absolute Gasteiger partial charge is 0.308 e. The molecule has 4 heteroatoms. The molecule has 0 aromatic rings. The SMILES string of the molecule is COCCOC(=O)C(C)CCCN. The largest absolute Gasteiger partial charge is 0.463 e. The van der Waals surface area contributed by atoms with Gasteiger partial charge in [-0.05, 0) is 19.4 Å². The Morgan fingerprint density at radius 1 is 1.46 bits per heavy atom. The van der Waals surface area contributed by atoms with Crippen LogP contribution >= 0.6 is 0 Å². The summed E-state index contributed by atoms with van der Waals surface area (Å²) in [5.41, 5.74) is 5.33. The minimum Gasteiger partial charge on any atom is -0.463 e. The molecule has 0 aromatic carbocycles.